The highest BCUT2D eigenvalue weighted by Crippen LogP contribution is 2.15. The van der Waals surface area contributed by atoms with Gasteiger partial charge in [0.05, 0.1) is 0 Å². The minimum absolute atomic E-state index is 0.0933. The number of rotatable bonds is 6. The van der Waals surface area contributed by atoms with Crippen molar-refractivity contribution in [1.82, 2.24) is 26.0 Å². The van der Waals surface area contributed by atoms with E-state index < -0.39 is 5.91 Å². The van der Waals surface area contributed by atoms with E-state index in [2.05, 4.69) is 26.0 Å². The molecule has 2 N–H and O–H groups in total. The van der Waals surface area contributed by atoms with Gasteiger partial charge in [-0.25, -0.2) is 0 Å². The van der Waals surface area contributed by atoms with Crippen LogP contribution in [0.4, 0.5) is 5.69 Å². The molecule has 9 nitrogen and oxygen atoms in total. The Balaban J connectivity index is 1.48. The average Bonchev–Trinajstić information content (AvgIpc) is 3.20. The standard InChI is InChI=1S/C19H20N6O3/c1-25(2)15-5-3-4-14(12-15)19(27)23-22-16(26)6-7-17-21-18(24-28-17)13-8-10-20-11-9-13/h3-5,8-12H,6-7H2,1-2H3,(H,22,26)(H,23,27). The number of carbonyl (C=O) groups excluding carboxylic acids is 2. The highest BCUT2D eigenvalue weighted by Gasteiger charge is 2.12. The van der Waals surface area contributed by atoms with E-state index in [0.29, 0.717) is 17.3 Å². The molecule has 0 radical (unpaired) electrons. The SMILES string of the molecule is CN(C)c1cccc(C(=O)NNC(=O)CCc2nc(-c3ccncc3)no2)c1. The zero-order valence-corrected chi connectivity index (χ0v) is 15.5. The zero-order valence-electron chi connectivity index (χ0n) is 15.5. The summed E-state index contributed by atoms with van der Waals surface area (Å²) in [4.78, 5) is 34.2. The number of hydrogen-bond donors (Lipinski definition) is 2. The Bertz CT molecular complexity index is 955. The molecule has 0 saturated carbocycles. The van der Waals surface area contributed by atoms with Crippen LogP contribution in [-0.4, -0.2) is 41.0 Å². The Morgan fingerprint density at radius 1 is 1.11 bits per heavy atom. The van der Waals surface area contributed by atoms with Gasteiger partial charge in [0.2, 0.25) is 17.6 Å². The molecule has 9 heteroatoms. The van der Waals surface area contributed by atoms with Gasteiger partial charge in [-0.1, -0.05) is 11.2 Å². The Morgan fingerprint density at radius 3 is 2.64 bits per heavy atom. The summed E-state index contributed by atoms with van der Waals surface area (Å²) >= 11 is 0. The summed E-state index contributed by atoms with van der Waals surface area (Å²) in [6.07, 6.45) is 3.62. The van der Waals surface area contributed by atoms with E-state index in [9.17, 15) is 9.59 Å². The molecule has 0 fully saturated rings. The first-order valence-electron chi connectivity index (χ1n) is 8.62. The lowest BCUT2D eigenvalue weighted by molar-refractivity contribution is -0.121. The number of anilines is 1. The smallest absolute Gasteiger partial charge is 0.269 e. The van der Waals surface area contributed by atoms with Gasteiger partial charge in [-0.05, 0) is 30.3 Å². The van der Waals surface area contributed by atoms with Crippen molar-refractivity contribution < 1.29 is 14.1 Å². The lowest BCUT2D eigenvalue weighted by Crippen LogP contribution is -2.41. The van der Waals surface area contributed by atoms with E-state index in [0.717, 1.165) is 11.3 Å². The molecule has 0 atom stereocenters. The van der Waals surface area contributed by atoms with Crippen molar-refractivity contribution >= 4 is 17.5 Å². The molecule has 0 aliphatic rings. The van der Waals surface area contributed by atoms with Crippen LogP contribution in [0.15, 0.2) is 53.3 Å². The summed E-state index contributed by atoms with van der Waals surface area (Å²) in [7, 11) is 3.77. The predicted molar refractivity (Wildman–Crippen MR) is 102 cm³/mol. The number of amides is 2. The molecule has 144 valence electrons. The Labute approximate surface area is 161 Å². The van der Waals surface area contributed by atoms with Gasteiger partial charge in [-0.15, -0.1) is 0 Å². The van der Waals surface area contributed by atoms with Crippen LogP contribution in [0.2, 0.25) is 0 Å². The first-order valence-corrected chi connectivity index (χ1v) is 8.62. The fourth-order valence-electron chi connectivity index (χ4n) is 2.38. The van der Waals surface area contributed by atoms with Crippen LogP contribution < -0.4 is 15.8 Å². The van der Waals surface area contributed by atoms with Crippen molar-refractivity contribution in [2.45, 2.75) is 12.8 Å². The molecule has 0 bridgehead atoms. The molecule has 28 heavy (non-hydrogen) atoms. The molecule has 0 saturated heterocycles. The van der Waals surface area contributed by atoms with E-state index in [1.165, 1.54) is 0 Å². The van der Waals surface area contributed by atoms with Gasteiger partial charge in [0.15, 0.2) is 0 Å². The van der Waals surface area contributed by atoms with Gasteiger partial charge in [-0.3, -0.25) is 25.4 Å². The van der Waals surface area contributed by atoms with Gasteiger partial charge < -0.3 is 9.42 Å². The molecule has 2 aromatic heterocycles. The molecule has 2 amide bonds. The summed E-state index contributed by atoms with van der Waals surface area (Å²) in [5, 5.41) is 3.88. The summed E-state index contributed by atoms with van der Waals surface area (Å²) in [5.41, 5.74) is 6.91. The second-order valence-electron chi connectivity index (χ2n) is 6.19. The van der Waals surface area contributed by atoms with E-state index in [4.69, 9.17) is 4.52 Å². The van der Waals surface area contributed by atoms with Crippen LogP contribution in [0.1, 0.15) is 22.7 Å². The molecule has 3 aromatic rings. The number of hydrazine groups is 1. The van der Waals surface area contributed by atoms with E-state index in [1.54, 1.807) is 42.7 Å². The molecular weight excluding hydrogens is 360 g/mol. The quantitative estimate of drug-likeness (QED) is 0.624. The number of aromatic nitrogens is 3. The molecule has 0 unspecified atom stereocenters. The molecule has 0 aliphatic heterocycles. The predicted octanol–water partition coefficient (Wildman–Crippen LogP) is 1.59. The van der Waals surface area contributed by atoms with Crippen molar-refractivity contribution in [3.05, 3.63) is 60.2 Å². The molecule has 0 aliphatic carbocycles. The first kappa shape index (κ1) is 19.0. The average molecular weight is 380 g/mol. The minimum Gasteiger partial charge on any atom is -0.378 e. The number of carbonyl (C=O) groups is 2. The third-order valence-electron chi connectivity index (χ3n) is 3.91. The first-order chi connectivity index (χ1) is 13.5. The second-order valence-corrected chi connectivity index (χ2v) is 6.19. The number of hydrogen-bond acceptors (Lipinski definition) is 7. The number of aryl methyl sites for hydroxylation is 1. The van der Waals surface area contributed by atoms with Crippen molar-refractivity contribution in [3.63, 3.8) is 0 Å². The normalized spacial score (nSPS) is 10.4. The fourth-order valence-corrected chi connectivity index (χ4v) is 2.38. The third kappa shape index (κ3) is 4.91. The van der Waals surface area contributed by atoms with Crippen LogP contribution in [0.3, 0.4) is 0 Å². The molecule has 2 heterocycles. The third-order valence-corrected chi connectivity index (χ3v) is 3.91. The molecule has 0 spiro atoms. The molecular formula is C19H20N6O3. The maximum absolute atomic E-state index is 12.2. The molecule has 3 rings (SSSR count). The van der Waals surface area contributed by atoms with Gasteiger partial charge >= 0.3 is 0 Å². The van der Waals surface area contributed by atoms with Crippen molar-refractivity contribution in [2.24, 2.45) is 0 Å². The lowest BCUT2D eigenvalue weighted by Gasteiger charge is -2.13. The van der Waals surface area contributed by atoms with Crippen molar-refractivity contribution in [3.8, 4) is 11.4 Å². The lowest BCUT2D eigenvalue weighted by atomic mass is 10.2. The molecule has 1 aromatic carbocycles. The number of nitrogens with one attached hydrogen (secondary N) is 2. The van der Waals surface area contributed by atoms with Crippen LogP contribution in [0.5, 0.6) is 0 Å². The van der Waals surface area contributed by atoms with Crippen LogP contribution >= 0.6 is 0 Å². The van der Waals surface area contributed by atoms with Gasteiger partial charge in [0.1, 0.15) is 0 Å². The summed E-state index contributed by atoms with van der Waals surface area (Å²) in [6.45, 7) is 0. The maximum Gasteiger partial charge on any atom is 0.269 e. The Kier molecular flexibility index (Phi) is 5.95. The minimum atomic E-state index is -0.394. The van der Waals surface area contributed by atoms with Gasteiger partial charge in [-0.2, -0.15) is 4.98 Å². The summed E-state index contributed by atoms with van der Waals surface area (Å²) < 4.78 is 5.15. The van der Waals surface area contributed by atoms with Crippen molar-refractivity contribution in [1.29, 1.82) is 0 Å². The highest BCUT2D eigenvalue weighted by molar-refractivity contribution is 5.96. The summed E-state index contributed by atoms with van der Waals surface area (Å²) in [6, 6.07) is 10.6. The number of benzene rings is 1. The topological polar surface area (TPSA) is 113 Å². The second kappa shape index (κ2) is 8.76. The van der Waals surface area contributed by atoms with E-state index in [1.807, 2.05) is 25.1 Å². The van der Waals surface area contributed by atoms with Crippen LogP contribution in [-0.2, 0) is 11.2 Å². The van der Waals surface area contributed by atoms with Crippen molar-refractivity contribution in [2.75, 3.05) is 19.0 Å². The van der Waals surface area contributed by atoms with Gasteiger partial charge in [0.25, 0.3) is 5.91 Å². The monoisotopic (exact) mass is 380 g/mol. The van der Waals surface area contributed by atoms with Crippen LogP contribution in [0.25, 0.3) is 11.4 Å². The number of pyridine rings is 1. The zero-order chi connectivity index (χ0) is 19.9. The Hall–Kier alpha value is -3.75. The number of nitrogens with zero attached hydrogens (tertiary/aromatic N) is 4. The van der Waals surface area contributed by atoms with Crippen LogP contribution in [0, 0.1) is 0 Å². The fraction of sp³-hybridized carbons (Fsp3) is 0.211. The Morgan fingerprint density at radius 2 is 1.89 bits per heavy atom. The maximum atomic E-state index is 12.2. The van der Waals surface area contributed by atoms with Gasteiger partial charge in [0, 0.05) is 56.1 Å². The van der Waals surface area contributed by atoms with E-state index in [-0.39, 0.29) is 18.7 Å². The highest BCUT2D eigenvalue weighted by atomic mass is 16.5. The largest absolute Gasteiger partial charge is 0.378 e. The van der Waals surface area contributed by atoms with E-state index >= 15 is 0 Å². The summed E-state index contributed by atoms with van der Waals surface area (Å²) in [5.74, 6) is 0.0226.